The molecule has 168 valence electrons. The van der Waals surface area contributed by atoms with Crippen molar-refractivity contribution in [2.45, 2.75) is 51.0 Å². The van der Waals surface area contributed by atoms with Crippen LogP contribution in [0.1, 0.15) is 44.2 Å². The van der Waals surface area contributed by atoms with Crippen molar-refractivity contribution in [3.05, 3.63) is 59.7 Å². The van der Waals surface area contributed by atoms with Gasteiger partial charge in [0.2, 0.25) is 15.9 Å². The summed E-state index contributed by atoms with van der Waals surface area (Å²) >= 11 is 0. The number of carbonyl (C=O) groups is 1. The lowest BCUT2D eigenvalue weighted by Crippen LogP contribution is -2.53. The molecule has 0 saturated carbocycles. The van der Waals surface area contributed by atoms with Crippen LogP contribution in [0.3, 0.4) is 0 Å². The highest BCUT2D eigenvalue weighted by Crippen LogP contribution is 2.27. The summed E-state index contributed by atoms with van der Waals surface area (Å²) in [7, 11) is -3.51. The number of hydrogen-bond acceptors (Lipinski definition) is 4. The highest BCUT2D eigenvalue weighted by Gasteiger charge is 2.32. The second kappa shape index (κ2) is 9.94. The molecule has 1 aliphatic rings. The van der Waals surface area contributed by atoms with Crippen molar-refractivity contribution in [3.63, 3.8) is 0 Å². The first-order valence-electron chi connectivity index (χ1n) is 10.9. The van der Waals surface area contributed by atoms with Crippen molar-refractivity contribution in [3.8, 4) is 0 Å². The standard InChI is InChI=1S/C24H33N3O3S/c1-5-19(3)22-8-6-7-9-23(22)25-24(28)20(4)26-14-16-27(17-15-26)31(29,30)21-12-10-18(2)11-13-21/h6-13,19-20H,5,14-17H2,1-4H3,(H,25,28)/t19-,20-/m1/s1. The number of para-hydroxylation sites is 1. The van der Waals surface area contributed by atoms with E-state index in [1.54, 1.807) is 12.1 Å². The molecule has 0 bridgehead atoms. The van der Waals surface area contributed by atoms with E-state index in [1.807, 2.05) is 49.1 Å². The number of nitrogens with zero attached hydrogens (tertiary/aromatic N) is 2. The van der Waals surface area contributed by atoms with Crippen LogP contribution in [-0.2, 0) is 14.8 Å². The van der Waals surface area contributed by atoms with Gasteiger partial charge in [-0.15, -0.1) is 0 Å². The number of amides is 1. The van der Waals surface area contributed by atoms with Crippen LogP contribution in [0.25, 0.3) is 0 Å². The van der Waals surface area contributed by atoms with Gasteiger partial charge in [-0.1, -0.05) is 49.7 Å². The van der Waals surface area contributed by atoms with Gasteiger partial charge in [-0.2, -0.15) is 4.31 Å². The molecular weight excluding hydrogens is 410 g/mol. The van der Waals surface area contributed by atoms with E-state index >= 15 is 0 Å². The molecule has 1 N–H and O–H groups in total. The van der Waals surface area contributed by atoms with E-state index in [9.17, 15) is 13.2 Å². The molecule has 0 aromatic heterocycles. The summed E-state index contributed by atoms with van der Waals surface area (Å²) in [5.74, 6) is 0.299. The molecule has 0 radical (unpaired) electrons. The third kappa shape index (κ3) is 5.34. The highest BCUT2D eigenvalue weighted by molar-refractivity contribution is 7.89. The summed E-state index contributed by atoms with van der Waals surface area (Å²) in [4.78, 5) is 15.3. The Labute approximate surface area is 186 Å². The predicted octanol–water partition coefficient (Wildman–Crippen LogP) is 3.84. The zero-order valence-electron chi connectivity index (χ0n) is 18.8. The van der Waals surface area contributed by atoms with Gasteiger partial charge in [-0.3, -0.25) is 9.69 Å². The molecule has 1 aliphatic heterocycles. The lowest BCUT2D eigenvalue weighted by molar-refractivity contribution is -0.121. The molecule has 2 atom stereocenters. The minimum atomic E-state index is -3.51. The summed E-state index contributed by atoms with van der Waals surface area (Å²) < 4.78 is 27.3. The van der Waals surface area contributed by atoms with E-state index in [0.29, 0.717) is 37.0 Å². The van der Waals surface area contributed by atoms with Crippen molar-refractivity contribution >= 4 is 21.6 Å². The summed E-state index contributed by atoms with van der Waals surface area (Å²) in [5, 5.41) is 3.08. The first-order valence-corrected chi connectivity index (χ1v) is 12.4. The Morgan fingerprint density at radius 1 is 1.00 bits per heavy atom. The molecule has 0 aliphatic carbocycles. The van der Waals surface area contributed by atoms with Gasteiger partial charge in [-0.25, -0.2) is 8.42 Å². The summed E-state index contributed by atoms with van der Waals surface area (Å²) in [6.45, 7) is 9.89. The maximum atomic E-state index is 12.9. The van der Waals surface area contributed by atoms with Crippen molar-refractivity contribution in [2.75, 3.05) is 31.5 Å². The number of carbonyl (C=O) groups excluding carboxylic acids is 1. The van der Waals surface area contributed by atoms with E-state index in [2.05, 4.69) is 25.2 Å². The van der Waals surface area contributed by atoms with Crippen LogP contribution in [0, 0.1) is 6.92 Å². The molecule has 0 spiro atoms. The highest BCUT2D eigenvalue weighted by atomic mass is 32.2. The van der Waals surface area contributed by atoms with E-state index < -0.39 is 10.0 Å². The summed E-state index contributed by atoms with van der Waals surface area (Å²) in [6.07, 6.45) is 1.000. The molecule has 3 rings (SSSR count). The Kier molecular flexibility index (Phi) is 7.51. The van der Waals surface area contributed by atoms with E-state index in [0.717, 1.165) is 23.2 Å². The van der Waals surface area contributed by atoms with Crippen LogP contribution in [0.5, 0.6) is 0 Å². The second-order valence-electron chi connectivity index (χ2n) is 8.31. The van der Waals surface area contributed by atoms with Gasteiger partial charge in [0.1, 0.15) is 0 Å². The molecule has 2 aromatic carbocycles. The third-order valence-corrected chi connectivity index (χ3v) is 8.13. The van der Waals surface area contributed by atoms with Crippen LogP contribution in [-0.4, -0.2) is 55.8 Å². The summed E-state index contributed by atoms with van der Waals surface area (Å²) in [6, 6.07) is 14.5. The normalized spacial score (nSPS) is 17.8. The molecule has 7 heteroatoms. The van der Waals surface area contributed by atoms with E-state index in [-0.39, 0.29) is 11.9 Å². The van der Waals surface area contributed by atoms with Gasteiger partial charge in [-0.05, 0) is 49.9 Å². The number of hydrogen-bond donors (Lipinski definition) is 1. The second-order valence-corrected chi connectivity index (χ2v) is 10.3. The predicted molar refractivity (Wildman–Crippen MR) is 125 cm³/mol. The Balaban J connectivity index is 1.62. The van der Waals surface area contributed by atoms with Gasteiger partial charge in [0, 0.05) is 31.9 Å². The number of nitrogens with one attached hydrogen (secondary N) is 1. The van der Waals surface area contributed by atoms with Crippen LogP contribution in [0.15, 0.2) is 53.4 Å². The largest absolute Gasteiger partial charge is 0.324 e. The fraction of sp³-hybridized carbons (Fsp3) is 0.458. The first kappa shape index (κ1) is 23.4. The number of rotatable bonds is 7. The average Bonchev–Trinajstić information content (AvgIpc) is 2.78. The minimum Gasteiger partial charge on any atom is -0.324 e. The van der Waals surface area contributed by atoms with Crippen LogP contribution >= 0.6 is 0 Å². The van der Waals surface area contributed by atoms with Gasteiger partial charge in [0.15, 0.2) is 0 Å². The van der Waals surface area contributed by atoms with Gasteiger partial charge < -0.3 is 5.32 Å². The van der Waals surface area contributed by atoms with Crippen LogP contribution in [0.4, 0.5) is 5.69 Å². The lowest BCUT2D eigenvalue weighted by Gasteiger charge is -2.36. The van der Waals surface area contributed by atoms with Crippen molar-refractivity contribution < 1.29 is 13.2 Å². The fourth-order valence-electron chi connectivity index (χ4n) is 3.85. The Bertz CT molecular complexity index is 997. The van der Waals surface area contributed by atoms with Crippen molar-refractivity contribution in [2.24, 2.45) is 0 Å². The number of piperazine rings is 1. The van der Waals surface area contributed by atoms with Gasteiger partial charge >= 0.3 is 0 Å². The number of sulfonamides is 1. The fourth-order valence-corrected chi connectivity index (χ4v) is 5.28. The van der Waals surface area contributed by atoms with Gasteiger partial charge in [0.25, 0.3) is 0 Å². The van der Waals surface area contributed by atoms with Crippen molar-refractivity contribution in [1.29, 1.82) is 0 Å². The van der Waals surface area contributed by atoms with E-state index in [1.165, 1.54) is 4.31 Å². The monoisotopic (exact) mass is 443 g/mol. The molecule has 1 fully saturated rings. The zero-order valence-corrected chi connectivity index (χ0v) is 19.7. The molecule has 6 nitrogen and oxygen atoms in total. The van der Waals surface area contributed by atoms with Crippen LogP contribution < -0.4 is 5.32 Å². The maximum absolute atomic E-state index is 12.9. The smallest absolute Gasteiger partial charge is 0.243 e. The number of aryl methyl sites for hydroxylation is 1. The molecule has 1 amide bonds. The average molecular weight is 444 g/mol. The zero-order chi connectivity index (χ0) is 22.6. The summed E-state index contributed by atoms with van der Waals surface area (Å²) in [5.41, 5.74) is 3.02. The molecule has 2 aromatic rings. The maximum Gasteiger partial charge on any atom is 0.243 e. The van der Waals surface area contributed by atoms with Gasteiger partial charge in [0.05, 0.1) is 10.9 Å². The van der Waals surface area contributed by atoms with Crippen molar-refractivity contribution in [1.82, 2.24) is 9.21 Å². The lowest BCUT2D eigenvalue weighted by atomic mass is 9.97. The quantitative estimate of drug-likeness (QED) is 0.706. The Morgan fingerprint density at radius 2 is 1.61 bits per heavy atom. The molecule has 1 saturated heterocycles. The topological polar surface area (TPSA) is 69.7 Å². The third-order valence-electron chi connectivity index (χ3n) is 6.22. The number of anilines is 1. The SMILES string of the molecule is CC[C@@H](C)c1ccccc1NC(=O)[C@@H](C)N1CCN(S(=O)(=O)c2ccc(C)cc2)CC1. The molecule has 1 heterocycles. The minimum absolute atomic E-state index is 0.0643. The molecule has 31 heavy (non-hydrogen) atoms. The molecular formula is C24H33N3O3S. The van der Waals surface area contributed by atoms with E-state index in [4.69, 9.17) is 0 Å². The molecule has 0 unspecified atom stereocenters. The first-order chi connectivity index (χ1) is 14.7. The van der Waals surface area contributed by atoms with Crippen LogP contribution in [0.2, 0.25) is 0 Å². The number of benzene rings is 2. The Morgan fingerprint density at radius 3 is 2.23 bits per heavy atom. The Hall–Kier alpha value is -2.22.